The van der Waals surface area contributed by atoms with Gasteiger partial charge in [-0.1, -0.05) is 0 Å². The highest BCUT2D eigenvalue weighted by Gasteiger charge is 2.28. The van der Waals surface area contributed by atoms with Crippen molar-refractivity contribution in [3.05, 3.63) is 0 Å². The fourth-order valence-electron chi connectivity index (χ4n) is 1.77. The van der Waals surface area contributed by atoms with Crippen LogP contribution in [0.2, 0.25) is 0 Å². The van der Waals surface area contributed by atoms with Gasteiger partial charge in [-0.2, -0.15) is 0 Å². The summed E-state index contributed by atoms with van der Waals surface area (Å²) in [6, 6.07) is 0. The first-order valence-corrected chi connectivity index (χ1v) is 4.23. The minimum absolute atomic E-state index is 0.0129. The van der Waals surface area contributed by atoms with Crippen molar-refractivity contribution in [2.75, 3.05) is 7.11 Å². The van der Waals surface area contributed by atoms with Gasteiger partial charge >= 0.3 is 0 Å². The predicted molar refractivity (Wildman–Crippen MR) is 43.8 cm³/mol. The lowest BCUT2D eigenvalue weighted by atomic mass is 9.81. The summed E-state index contributed by atoms with van der Waals surface area (Å²) in [4.78, 5) is 21.0. The maximum Gasteiger partial charge on any atom is 0.123 e. The molecule has 1 fully saturated rings. The van der Waals surface area contributed by atoms with Crippen molar-refractivity contribution in [1.29, 1.82) is 0 Å². The van der Waals surface area contributed by atoms with E-state index in [9.17, 15) is 9.59 Å². The van der Waals surface area contributed by atoms with Gasteiger partial charge < -0.3 is 14.3 Å². The number of hydrogen-bond donors (Lipinski definition) is 0. The molecule has 0 radical (unpaired) electrons. The Bertz CT molecular complexity index is 151. The molecule has 0 saturated heterocycles. The molecule has 2 unspecified atom stereocenters. The Kier molecular flexibility index (Phi) is 3.41. The molecule has 0 spiro atoms. The van der Waals surface area contributed by atoms with E-state index in [0.29, 0.717) is 6.42 Å². The van der Waals surface area contributed by atoms with Gasteiger partial charge in [-0.15, -0.1) is 0 Å². The van der Waals surface area contributed by atoms with E-state index in [1.165, 1.54) is 0 Å². The molecule has 0 aromatic rings. The molecular weight excluding hydrogens is 156 g/mol. The lowest BCUT2D eigenvalue weighted by Gasteiger charge is -2.28. The number of methoxy groups -OCH3 is 1. The first-order chi connectivity index (χ1) is 5.80. The summed E-state index contributed by atoms with van der Waals surface area (Å²) in [6.45, 7) is 0. The second-order valence-electron chi connectivity index (χ2n) is 3.36. The smallest absolute Gasteiger partial charge is 0.123 e. The molecule has 0 aromatic carbocycles. The van der Waals surface area contributed by atoms with E-state index in [4.69, 9.17) is 4.74 Å². The third kappa shape index (κ3) is 2.14. The normalized spacial score (nSPS) is 35.9. The van der Waals surface area contributed by atoms with Crippen molar-refractivity contribution in [3.63, 3.8) is 0 Å². The number of ether oxygens (including phenoxy) is 1. The maximum atomic E-state index is 10.5. The zero-order valence-electron chi connectivity index (χ0n) is 7.23. The van der Waals surface area contributed by atoms with Gasteiger partial charge in [-0.3, -0.25) is 0 Å². The topological polar surface area (TPSA) is 43.4 Å². The Morgan fingerprint density at radius 2 is 1.58 bits per heavy atom. The summed E-state index contributed by atoms with van der Waals surface area (Å²) in [7, 11) is 1.62. The third-order valence-electron chi connectivity index (χ3n) is 2.46. The number of carbonyl (C=O) groups excluding carboxylic acids is 2. The Hall–Kier alpha value is -0.700. The molecule has 0 heterocycles. The summed E-state index contributed by atoms with van der Waals surface area (Å²) in [5, 5.41) is 0. The largest absolute Gasteiger partial charge is 0.381 e. The van der Waals surface area contributed by atoms with Crippen molar-refractivity contribution in [1.82, 2.24) is 0 Å². The molecule has 1 aliphatic rings. The highest BCUT2D eigenvalue weighted by Crippen LogP contribution is 2.28. The second kappa shape index (κ2) is 4.36. The average Bonchev–Trinajstić information content (AvgIpc) is 2.16. The lowest BCUT2D eigenvalue weighted by molar-refractivity contribution is -0.118. The highest BCUT2D eigenvalue weighted by molar-refractivity contribution is 5.58. The molecule has 1 rings (SSSR count). The SMILES string of the molecule is COC1CC(C=O)CC(C=O)C1. The van der Waals surface area contributed by atoms with Gasteiger partial charge in [0.2, 0.25) is 0 Å². The van der Waals surface area contributed by atoms with Crippen LogP contribution in [0.1, 0.15) is 19.3 Å². The highest BCUT2D eigenvalue weighted by atomic mass is 16.5. The van der Waals surface area contributed by atoms with Crippen LogP contribution < -0.4 is 0 Å². The van der Waals surface area contributed by atoms with Gasteiger partial charge in [-0.25, -0.2) is 0 Å². The molecule has 0 aromatic heterocycles. The summed E-state index contributed by atoms with van der Waals surface area (Å²) < 4.78 is 5.14. The molecule has 2 atom stereocenters. The standard InChI is InChI=1S/C9H14O3/c1-12-9-3-7(5-10)2-8(4-9)6-11/h5-9H,2-4H2,1H3. The molecule has 0 N–H and O–H groups in total. The lowest BCUT2D eigenvalue weighted by Crippen LogP contribution is -2.29. The van der Waals surface area contributed by atoms with Crippen molar-refractivity contribution in [3.8, 4) is 0 Å². The molecule has 0 amide bonds. The van der Waals surface area contributed by atoms with Crippen LogP contribution in [-0.4, -0.2) is 25.8 Å². The fraction of sp³-hybridized carbons (Fsp3) is 0.778. The van der Waals surface area contributed by atoms with Gasteiger partial charge in [0.05, 0.1) is 6.10 Å². The Morgan fingerprint density at radius 1 is 1.08 bits per heavy atom. The quantitative estimate of drug-likeness (QED) is 0.589. The second-order valence-corrected chi connectivity index (χ2v) is 3.36. The van der Waals surface area contributed by atoms with Gasteiger partial charge in [0.1, 0.15) is 12.6 Å². The van der Waals surface area contributed by atoms with Crippen LogP contribution in [0.4, 0.5) is 0 Å². The number of hydrogen-bond acceptors (Lipinski definition) is 3. The van der Waals surface area contributed by atoms with Crippen LogP contribution >= 0.6 is 0 Å². The summed E-state index contributed by atoms with van der Waals surface area (Å²) in [5.41, 5.74) is 0. The number of carbonyl (C=O) groups is 2. The van der Waals surface area contributed by atoms with Gasteiger partial charge in [0.15, 0.2) is 0 Å². The molecule has 0 bridgehead atoms. The van der Waals surface area contributed by atoms with Crippen LogP contribution in [0.15, 0.2) is 0 Å². The van der Waals surface area contributed by atoms with E-state index >= 15 is 0 Å². The molecule has 68 valence electrons. The molecule has 12 heavy (non-hydrogen) atoms. The summed E-state index contributed by atoms with van der Waals surface area (Å²) in [5.74, 6) is 0.0257. The minimum Gasteiger partial charge on any atom is -0.381 e. The Balaban J connectivity index is 2.51. The fourth-order valence-corrected chi connectivity index (χ4v) is 1.77. The van der Waals surface area contributed by atoms with E-state index < -0.39 is 0 Å². The Morgan fingerprint density at radius 3 is 1.92 bits per heavy atom. The first-order valence-electron chi connectivity index (χ1n) is 4.23. The van der Waals surface area contributed by atoms with E-state index in [0.717, 1.165) is 25.4 Å². The molecular formula is C9H14O3. The van der Waals surface area contributed by atoms with Crippen LogP contribution in [0.3, 0.4) is 0 Å². The number of aldehydes is 2. The monoisotopic (exact) mass is 170 g/mol. The van der Waals surface area contributed by atoms with Gasteiger partial charge in [-0.05, 0) is 19.3 Å². The molecule has 1 saturated carbocycles. The maximum absolute atomic E-state index is 10.5. The van der Waals surface area contributed by atoms with Crippen LogP contribution in [0, 0.1) is 11.8 Å². The van der Waals surface area contributed by atoms with E-state index in [1.807, 2.05) is 0 Å². The van der Waals surface area contributed by atoms with Crippen molar-refractivity contribution in [2.24, 2.45) is 11.8 Å². The van der Waals surface area contributed by atoms with Crippen molar-refractivity contribution < 1.29 is 14.3 Å². The van der Waals surface area contributed by atoms with Gasteiger partial charge in [0.25, 0.3) is 0 Å². The summed E-state index contributed by atoms with van der Waals surface area (Å²) in [6.07, 6.45) is 4.19. The van der Waals surface area contributed by atoms with Crippen molar-refractivity contribution in [2.45, 2.75) is 25.4 Å². The minimum atomic E-state index is 0.0129. The average molecular weight is 170 g/mol. The molecule has 3 nitrogen and oxygen atoms in total. The van der Waals surface area contributed by atoms with Crippen LogP contribution in [-0.2, 0) is 14.3 Å². The van der Waals surface area contributed by atoms with Crippen LogP contribution in [0.5, 0.6) is 0 Å². The Labute approximate surface area is 72.1 Å². The third-order valence-corrected chi connectivity index (χ3v) is 2.46. The molecule has 1 aliphatic carbocycles. The first kappa shape index (κ1) is 9.39. The van der Waals surface area contributed by atoms with Crippen molar-refractivity contribution >= 4 is 12.6 Å². The van der Waals surface area contributed by atoms with E-state index in [-0.39, 0.29) is 17.9 Å². The van der Waals surface area contributed by atoms with Crippen LogP contribution in [0.25, 0.3) is 0 Å². The zero-order chi connectivity index (χ0) is 8.97. The zero-order valence-corrected chi connectivity index (χ0v) is 7.23. The van der Waals surface area contributed by atoms with E-state index in [2.05, 4.69) is 0 Å². The van der Waals surface area contributed by atoms with Gasteiger partial charge in [0, 0.05) is 18.9 Å². The number of rotatable bonds is 3. The predicted octanol–water partition coefficient (Wildman–Crippen LogP) is 0.816. The summed E-state index contributed by atoms with van der Waals surface area (Å²) >= 11 is 0. The molecule has 3 heteroatoms. The van der Waals surface area contributed by atoms with E-state index in [1.54, 1.807) is 7.11 Å². The molecule has 0 aliphatic heterocycles.